The fraction of sp³-hybridized carbons (Fsp3) is 0.286. The summed E-state index contributed by atoms with van der Waals surface area (Å²) in [6.45, 7) is 8.75. The maximum atomic E-state index is 13.0. The van der Waals surface area contributed by atoms with Crippen LogP contribution in [0.25, 0.3) is 10.9 Å². The van der Waals surface area contributed by atoms with E-state index < -0.39 is 0 Å². The van der Waals surface area contributed by atoms with Gasteiger partial charge in [0.2, 0.25) is 0 Å². The Morgan fingerprint density at radius 1 is 1.19 bits per heavy atom. The van der Waals surface area contributed by atoms with E-state index in [0.29, 0.717) is 12.4 Å². The van der Waals surface area contributed by atoms with Gasteiger partial charge in [-0.05, 0) is 69.5 Å². The number of fused-ring (bicyclic) bond motifs is 1. The summed E-state index contributed by atoms with van der Waals surface area (Å²) < 4.78 is 18.8. The predicted molar refractivity (Wildman–Crippen MR) is 107 cm³/mol. The van der Waals surface area contributed by atoms with Crippen LogP contribution in [0.4, 0.5) is 4.39 Å². The summed E-state index contributed by atoms with van der Waals surface area (Å²) in [7, 11) is 0. The van der Waals surface area contributed by atoms with Crippen molar-refractivity contribution in [2.24, 2.45) is 0 Å². The van der Waals surface area contributed by atoms with E-state index >= 15 is 0 Å². The second-order valence-corrected chi connectivity index (χ2v) is 6.58. The van der Waals surface area contributed by atoms with E-state index in [9.17, 15) is 4.39 Å². The van der Waals surface area contributed by atoms with Gasteiger partial charge in [0, 0.05) is 17.3 Å². The molecule has 0 bridgehead atoms. The van der Waals surface area contributed by atoms with Crippen LogP contribution >= 0.6 is 12.4 Å². The van der Waals surface area contributed by atoms with Gasteiger partial charge >= 0.3 is 0 Å². The Morgan fingerprint density at radius 2 is 1.88 bits per heavy atom. The lowest BCUT2D eigenvalue weighted by molar-refractivity contribution is 0.302. The second kappa shape index (κ2) is 8.37. The van der Waals surface area contributed by atoms with Crippen molar-refractivity contribution in [1.82, 2.24) is 9.97 Å². The van der Waals surface area contributed by atoms with Crippen LogP contribution in [0, 0.1) is 19.7 Å². The molecule has 2 heterocycles. The van der Waals surface area contributed by atoms with Crippen LogP contribution in [0.5, 0.6) is 5.75 Å². The van der Waals surface area contributed by atoms with E-state index in [4.69, 9.17) is 4.74 Å². The number of allylic oxidation sites excluding steroid dienone is 2. The first-order chi connectivity index (χ1) is 12.0. The smallest absolute Gasteiger partial charge is 0.132 e. The number of aromatic amines is 1. The summed E-state index contributed by atoms with van der Waals surface area (Å²) in [6, 6.07) is 6.04. The van der Waals surface area contributed by atoms with Crippen molar-refractivity contribution in [3.8, 4) is 5.75 Å². The van der Waals surface area contributed by atoms with E-state index in [-0.39, 0.29) is 18.2 Å². The van der Waals surface area contributed by atoms with E-state index in [0.717, 1.165) is 23.3 Å². The fourth-order valence-electron chi connectivity index (χ4n) is 2.88. The molecule has 0 saturated heterocycles. The summed E-state index contributed by atoms with van der Waals surface area (Å²) >= 11 is 0. The topological polar surface area (TPSA) is 37.9 Å². The minimum atomic E-state index is -0.271. The molecule has 0 amide bonds. The average molecular weight is 375 g/mol. The minimum absolute atomic E-state index is 0. The lowest BCUT2D eigenvalue weighted by Crippen LogP contribution is -2.01. The summed E-state index contributed by atoms with van der Waals surface area (Å²) in [5.41, 5.74) is 6.78. The van der Waals surface area contributed by atoms with Crippen molar-refractivity contribution in [3.63, 3.8) is 0 Å². The first-order valence-corrected chi connectivity index (χ1v) is 8.43. The third kappa shape index (κ3) is 4.25. The van der Waals surface area contributed by atoms with Gasteiger partial charge in [-0.3, -0.25) is 4.98 Å². The van der Waals surface area contributed by atoms with Crippen LogP contribution in [-0.2, 0) is 13.0 Å². The molecular weight excluding hydrogens is 351 g/mol. The lowest BCUT2D eigenvalue weighted by Gasteiger charge is -2.09. The molecule has 0 fully saturated rings. The maximum Gasteiger partial charge on any atom is 0.132 e. The van der Waals surface area contributed by atoms with Gasteiger partial charge in [0.15, 0.2) is 0 Å². The highest BCUT2D eigenvalue weighted by Gasteiger charge is 2.14. The SMILES string of the molecule is CC(C)=CCc1cnc(COc2ccc(F)cc2)c2[nH]c(C)c(C)c12.Cl. The van der Waals surface area contributed by atoms with E-state index in [1.165, 1.54) is 34.2 Å². The summed E-state index contributed by atoms with van der Waals surface area (Å²) in [5.74, 6) is 0.358. The molecule has 0 aliphatic rings. The molecule has 0 atom stereocenters. The molecule has 0 radical (unpaired) electrons. The molecule has 5 heteroatoms. The quantitative estimate of drug-likeness (QED) is 0.570. The molecule has 1 N–H and O–H groups in total. The molecule has 3 rings (SSSR count). The second-order valence-electron chi connectivity index (χ2n) is 6.58. The van der Waals surface area contributed by atoms with Crippen LogP contribution in [0.2, 0.25) is 0 Å². The number of nitrogens with zero attached hydrogens (tertiary/aromatic N) is 1. The number of aryl methyl sites for hydroxylation is 2. The Kier molecular flexibility index (Phi) is 6.43. The molecule has 0 aliphatic heterocycles. The molecule has 0 spiro atoms. The van der Waals surface area contributed by atoms with Crippen molar-refractivity contribution < 1.29 is 9.13 Å². The Morgan fingerprint density at radius 3 is 2.54 bits per heavy atom. The number of ether oxygens (including phenoxy) is 1. The van der Waals surface area contributed by atoms with Gasteiger partial charge in [0.05, 0.1) is 5.52 Å². The highest BCUT2D eigenvalue weighted by Crippen LogP contribution is 2.28. The molecular formula is C21H24ClFN2O. The molecule has 3 nitrogen and oxygen atoms in total. The van der Waals surface area contributed by atoms with Crippen LogP contribution in [0.3, 0.4) is 0 Å². The zero-order chi connectivity index (χ0) is 18.0. The van der Waals surface area contributed by atoms with Crippen molar-refractivity contribution >= 4 is 23.3 Å². The summed E-state index contributed by atoms with van der Waals surface area (Å²) in [6.07, 6.45) is 5.02. The number of hydrogen-bond acceptors (Lipinski definition) is 2. The molecule has 138 valence electrons. The average Bonchev–Trinajstić information content (AvgIpc) is 2.88. The van der Waals surface area contributed by atoms with Gasteiger partial charge in [0.1, 0.15) is 23.9 Å². The normalized spacial score (nSPS) is 10.5. The highest BCUT2D eigenvalue weighted by atomic mass is 35.5. The first kappa shape index (κ1) is 20.0. The fourth-order valence-corrected chi connectivity index (χ4v) is 2.88. The van der Waals surface area contributed by atoms with Crippen LogP contribution in [0.1, 0.15) is 36.4 Å². The van der Waals surface area contributed by atoms with Crippen molar-refractivity contribution in [3.05, 3.63) is 70.4 Å². The number of pyridine rings is 1. The van der Waals surface area contributed by atoms with Gasteiger partial charge < -0.3 is 9.72 Å². The Balaban J connectivity index is 0.00000243. The standard InChI is InChI=1S/C21H23FN2O.ClH/c1-13(2)5-6-16-11-23-19(21-20(16)14(3)15(4)24-21)12-25-18-9-7-17(22)8-10-18;/h5,7-11,24H,6,12H2,1-4H3;1H. The van der Waals surface area contributed by atoms with Gasteiger partial charge in [-0.15, -0.1) is 12.4 Å². The summed E-state index contributed by atoms with van der Waals surface area (Å²) in [4.78, 5) is 8.06. The van der Waals surface area contributed by atoms with Gasteiger partial charge in [0.25, 0.3) is 0 Å². The van der Waals surface area contributed by atoms with E-state index in [1.807, 2.05) is 6.20 Å². The molecule has 0 saturated carbocycles. The predicted octanol–water partition coefficient (Wildman–Crippen LogP) is 5.83. The highest BCUT2D eigenvalue weighted by molar-refractivity contribution is 5.89. The Hall–Kier alpha value is -2.33. The van der Waals surface area contributed by atoms with Crippen LogP contribution in [0.15, 0.2) is 42.1 Å². The number of aromatic nitrogens is 2. The number of hydrogen-bond donors (Lipinski definition) is 1. The maximum absolute atomic E-state index is 13.0. The first-order valence-electron chi connectivity index (χ1n) is 8.43. The third-order valence-electron chi connectivity index (χ3n) is 4.41. The molecule has 26 heavy (non-hydrogen) atoms. The largest absolute Gasteiger partial charge is 0.487 e. The Bertz CT molecular complexity index is 925. The van der Waals surface area contributed by atoms with Crippen LogP contribution < -0.4 is 4.74 Å². The number of nitrogens with one attached hydrogen (secondary N) is 1. The van der Waals surface area contributed by atoms with Crippen molar-refractivity contribution in [2.75, 3.05) is 0 Å². The molecule has 0 unspecified atom stereocenters. The van der Waals surface area contributed by atoms with Gasteiger partial charge in [-0.1, -0.05) is 11.6 Å². The number of benzene rings is 1. The number of halogens is 2. The monoisotopic (exact) mass is 374 g/mol. The van der Waals surface area contributed by atoms with Crippen molar-refractivity contribution in [2.45, 2.75) is 40.7 Å². The zero-order valence-corrected chi connectivity index (χ0v) is 16.3. The van der Waals surface area contributed by atoms with Gasteiger partial charge in [-0.25, -0.2) is 4.39 Å². The molecule has 2 aromatic heterocycles. The van der Waals surface area contributed by atoms with Gasteiger partial charge in [-0.2, -0.15) is 0 Å². The van der Waals surface area contributed by atoms with Crippen LogP contribution in [-0.4, -0.2) is 9.97 Å². The van der Waals surface area contributed by atoms with E-state index in [1.54, 1.807) is 12.1 Å². The molecule has 0 aliphatic carbocycles. The van der Waals surface area contributed by atoms with Crippen molar-refractivity contribution in [1.29, 1.82) is 0 Å². The summed E-state index contributed by atoms with van der Waals surface area (Å²) in [5, 5.41) is 1.22. The molecule has 1 aromatic carbocycles. The third-order valence-corrected chi connectivity index (χ3v) is 4.41. The Labute approximate surface area is 159 Å². The zero-order valence-electron chi connectivity index (χ0n) is 15.5. The lowest BCUT2D eigenvalue weighted by atomic mass is 10.0. The molecule has 3 aromatic rings. The number of H-pyrrole nitrogens is 1. The minimum Gasteiger partial charge on any atom is -0.487 e. The van der Waals surface area contributed by atoms with E-state index in [2.05, 4.69) is 43.7 Å². The number of rotatable bonds is 5.